The number of amides is 1. The summed E-state index contributed by atoms with van der Waals surface area (Å²) >= 11 is 0. The first-order valence-electron chi connectivity index (χ1n) is 9.33. The van der Waals surface area contributed by atoms with E-state index in [0.29, 0.717) is 24.4 Å². The Morgan fingerprint density at radius 1 is 1.14 bits per heavy atom. The van der Waals surface area contributed by atoms with Gasteiger partial charge < -0.3 is 10.4 Å². The molecule has 2 aromatic heterocycles. The van der Waals surface area contributed by atoms with E-state index < -0.39 is 5.97 Å². The van der Waals surface area contributed by atoms with Crippen LogP contribution in [0.3, 0.4) is 0 Å². The molecule has 0 atom stereocenters. The molecule has 2 N–H and O–H groups in total. The molecule has 1 amide bonds. The first-order chi connectivity index (χ1) is 13.6. The van der Waals surface area contributed by atoms with E-state index in [-0.39, 0.29) is 12.3 Å². The van der Waals surface area contributed by atoms with Crippen LogP contribution in [0, 0.1) is 6.92 Å². The van der Waals surface area contributed by atoms with Crippen molar-refractivity contribution in [1.29, 1.82) is 0 Å². The molecule has 8 heteroatoms. The van der Waals surface area contributed by atoms with Crippen molar-refractivity contribution in [3.8, 4) is 5.69 Å². The van der Waals surface area contributed by atoms with Crippen molar-refractivity contribution in [3.05, 3.63) is 48.0 Å². The van der Waals surface area contributed by atoms with Crippen LogP contribution in [0.2, 0.25) is 0 Å². The van der Waals surface area contributed by atoms with Crippen molar-refractivity contribution in [1.82, 2.24) is 25.3 Å². The topological polar surface area (TPSA) is 110 Å². The summed E-state index contributed by atoms with van der Waals surface area (Å²) in [5, 5.41) is 21.7. The van der Waals surface area contributed by atoms with E-state index in [1.165, 1.54) is 0 Å². The van der Waals surface area contributed by atoms with E-state index >= 15 is 0 Å². The minimum Gasteiger partial charge on any atom is -0.481 e. The number of carboxylic acids is 1. The summed E-state index contributed by atoms with van der Waals surface area (Å²) in [5.41, 5.74) is 1.82. The molecule has 0 aliphatic carbocycles. The van der Waals surface area contributed by atoms with Crippen LogP contribution in [0.15, 0.2) is 36.7 Å². The summed E-state index contributed by atoms with van der Waals surface area (Å²) in [7, 11) is 0. The van der Waals surface area contributed by atoms with E-state index in [9.17, 15) is 9.59 Å². The van der Waals surface area contributed by atoms with Crippen LogP contribution in [0.25, 0.3) is 16.5 Å². The normalized spacial score (nSPS) is 10.9. The second kappa shape index (κ2) is 9.07. The highest BCUT2D eigenvalue weighted by molar-refractivity contribution is 5.94. The second-order valence-corrected chi connectivity index (χ2v) is 6.62. The van der Waals surface area contributed by atoms with Crippen LogP contribution < -0.4 is 5.32 Å². The summed E-state index contributed by atoms with van der Waals surface area (Å²) in [6.45, 7) is 2.35. The fourth-order valence-corrected chi connectivity index (χ4v) is 3.10. The molecule has 146 valence electrons. The third-order valence-electron chi connectivity index (χ3n) is 4.60. The van der Waals surface area contributed by atoms with Crippen LogP contribution in [-0.4, -0.2) is 43.5 Å². The van der Waals surface area contributed by atoms with Gasteiger partial charge in [-0.3, -0.25) is 14.6 Å². The van der Waals surface area contributed by atoms with Gasteiger partial charge in [-0.15, -0.1) is 5.10 Å². The highest BCUT2D eigenvalue weighted by Crippen LogP contribution is 2.22. The summed E-state index contributed by atoms with van der Waals surface area (Å²) in [5.74, 6) is -1.02. The number of carbonyl (C=O) groups is 2. The van der Waals surface area contributed by atoms with Gasteiger partial charge in [0, 0.05) is 36.1 Å². The summed E-state index contributed by atoms with van der Waals surface area (Å²) in [6, 6.07) is 7.74. The lowest BCUT2D eigenvalue weighted by molar-refractivity contribution is -0.137. The number of hydrogen-bond donors (Lipinski definition) is 2. The molecule has 0 spiro atoms. The number of nitrogens with zero attached hydrogens (tertiary/aromatic N) is 4. The number of fused-ring (bicyclic) bond motifs is 1. The molecular weight excluding hydrogens is 358 g/mol. The Kier molecular flexibility index (Phi) is 6.31. The molecule has 8 nitrogen and oxygen atoms in total. The van der Waals surface area contributed by atoms with Crippen molar-refractivity contribution in [2.24, 2.45) is 0 Å². The molecule has 0 fully saturated rings. The van der Waals surface area contributed by atoms with Gasteiger partial charge in [-0.25, -0.2) is 4.68 Å². The van der Waals surface area contributed by atoms with Crippen molar-refractivity contribution >= 4 is 22.6 Å². The lowest BCUT2D eigenvalue weighted by Gasteiger charge is -2.08. The molecule has 2 heterocycles. The van der Waals surface area contributed by atoms with E-state index in [1.54, 1.807) is 17.1 Å². The molecule has 0 aliphatic heterocycles. The zero-order chi connectivity index (χ0) is 19.9. The Balaban J connectivity index is 1.61. The molecule has 3 aromatic rings. The number of hydrogen-bond acceptors (Lipinski definition) is 5. The third kappa shape index (κ3) is 4.51. The summed E-state index contributed by atoms with van der Waals surface area (Å²) < 4.78 is 1.67. The molecule has 3 rings (SSSR count). The third-order valence-corrected chi connectivity index (χ3v) is 4.60. The zero-order valence-corrected chi connectivity index (χ0v) is 15.8. The zero-order valence-electron chi connectivity index (χ0n) is 15.8. The first-order valence-corrected chi connectivity index (χ1v) is 9.33. The Labute approximate surface area is 162 Å². The quantitative estimate of drug-likeness (QED) is 0.552. The van der Waals surface area contributed by atoms with E-state index in [1.807, 2.05) is 31.2 Å². The number of unbranched alkanes of at least 4 members (excludes halogenated alkanes) is 3. The SMILES string of the molecule is Cc1c(C(=O)NCCCCCCC(=O)O)nnn1-c1cccc2cnccc12. The van der Waals surface area contributed by atoms with Gasteiger partial charge in [0.15, 0.2) is 5.69 Å². The van der Waals surface area contributed by atoms with Crippen molar-refractivity contribution < 1.29 is 14.7 Å². The van der Waals surface area contributed by atoms with Crippen molar-refractivity contribution in [3.63, 3.8) is 0 Å². The summed E-state index contributed by atoms with van der Waals surface area (Å²) in [4.78, 5) is 27.0. The minimum absolute atomic E-state index is 0.193. The number of aromatic nitrogens is 4. The molecule has 28 heavy (non-hydrogen) atoms. The lowest BCUT2D eigenvalue weighted by Crippen LogP contribution is -2.25. The van der Waals surface area contributed by atoms with Gasteiger partial charge in [0.1, 0.15) is 0 Å². The predicted molar refractivity (Wildman–Crippen MR) is 104 cm³/mol. The van der Waals surface area contributed by atoms with Gasteiger partial charge in [-0.2, -0.15) is 0 Å². The number of aliphatic carboxylic acids is 1. The maximum Gasteiger partial charge on any atom is 0.303 e. The maximum absolute atomic E-state index is 12.4. The van der Waals surface area contributed by atoms with E-state index in [4.69, 9.17) is 5.11 Å². The minimum atomic E-state index is -0.769. The van der Waals surface area contributed by atoms with Gasteiger partial charge in [-0.05, 0) is 31.9 Å². The standard InChI is InChI=1S/C20H23N5O3/c1-14-19(20(28)22-11-5-3-2-4-9-18(26)27)23-24-25(14)17-8-6-7-15-13-21-12-10-16(15)17/h6-8,10,12-13H,2-5,9,11H2,1H3,(H,22,28)(H,26,27). The molecule has 0 aliphatic rings. The van der Waals surface area contributed by atoms with Gasteiger partial charge in [0.2, 0.25) is 0 Å². The van der Waals surface area contributed by atoms with Crippen LogP contribution in [-0.2, 0) is 4.79 Å². The average Bonchev–Trinajstić information content (AvgIpc) is 3.07. The van der Waals surface area contributed by atoms with E-state index in [2.05, 4.69) is 20.6 Å². The molecule has 1 aromatic carbocycles. The van der Waals surface area contributed by atoms with Crippen molar-refractivity contribution in [2.45, 2.75) is 39.0 Å². The molecule has 0 radical (unpaired) electrons. The number of rotatable bonds is 9. The Morgan fingerprint density at radius 3 is 2.79 bits per heavy atom. The number of nitrogens with one attached hydrogen (secondary N) is 1. The fourth-order valence-electron chi connectivity index (χ4n) is 3.10. The maximum atomic E-state index is 12.4. The lowest BCUT2D eigenvalue weighted by atomic mass is 10.1. The smallest absolute Gasteiger partial charge is 0.303 e. The monoisotopic (exact) mass is 381 g/mol. The number of carboxylic acid groups (broad SMARTS) is 1. The number of benzene rings is 1. The van der Waals surface area contributed by atoms with Gasteiger partial charge in [0.05, 0.1) is 11.4 Å². The van der Waals surface area contributed by atoms with Gasteiger partial charge >= 0.3 is 5.97 Å². The largest absolute Gasteiger partial charge is 0.481 e. The van der Waals surface area contributed by atoms with Crippen LogP contribution in [0.1, 0.15) is 48.3 Å². The van der Waals surface area contributed by atoms with Crippen LogP contribution in [0.5, 0.6) is 0 Å². The van der Waals surface area contributed by atoms with Crippen LogP contribution >= 0.6 is 0 Å². The molecular formula is C20H23N5O3. The van der Waals surface area contributed by atoms with Crippen LogP contribution in [0.4, 0.5) is 0 Å². The average molecular weight is 381 g/mol. The highest BCUT2D eigenvalue weighted by Gasteiger charge is 2.18. The fraction of sp³-hybridized carbons (Fsp3) is 0.350. The molecule has 0 saturated heterocycles. The highest BCUT2D eigenvalue weighted by atomic mass is 16.4. The molecule has 0 unspecified atom stereocenters. The van der Waals surface area contributed by atoms with Crippen molar-refractivity contribution in [2.75, 3.05) is 6.54 Å². The van der Waals surface area contributed by atoms with Gasteiger partial charge in [0.25, 0.3) is 5.91 Å². The predicted octanol–water partition coefficient (Wildman–Crippen LogP) is 2.89. The van der Waals surface area contributed by atoms with E-state index in [0.717, 1.165) is 35.7 Å². The van der Waals surface area contributed by atoms with Gasteiger partial charge in [-0.1, -0.05) is 30.2 Å². The Hall–Kier alpha value is -3.29. The molecule has 0 bridgehead atoms. The Morgan fingerprint density at radius 2 is 1.96 bits per heavy atom. The summed E-state index contributed by atoms with van der Waals surface area (Å²) in [6.07, 6.45) is 6.89. The first kappa shape index (κ1) is 19.5. The molecule has 0 saturated carbocycles. The second-order valence-electron chi connectivity index (χ2n) is 6.62. The number of carbonyl (C=O) groups excluding carboxylic acids is 1. The Bertz CT molecular complexity index is 978. The number of pyridine rings is 1.